The van der Waals surface area contributed by atoms with Crippen LogP contribution in [0, 0.1) is 13.8 Å². The maximum Gasteiger partial charge on any atom is 0.407 e. The van der Waals surface area contributed by atoms with Crippen LogP contribution < -0.4 is 5.32 Å². The van der Waals surface area contributed by atoms with Crippen LogP contribution in [0.15, 0.2) is 24.3 Å². The molecule has 0 aliphatic carbocycles. The van der Waals surface area contributed by atoms with Gasteiger partial charge in [0.1, 0.15) is 17.8 Å². The van der Waals surface area contributed by atoms with E-state index in [4.69, 9.17) is 27.9 Å². The molecule has 0 saturated heterocycles. The molecule has 1 aromatic carbocycles. The second-order valence-corrected chi connectivity index (χ2v) is 8.41. The van der Waals surface area contributed by atoms with Crippen molar-refractivity contribution in [1.82, 2.24) is 9.88 Å². The SMILES string of the molecule is Cc1cc(C(O)C(O)CNC(=O)OC(C)(C)C)c(C)n1-c1cccc(Cl)c1Cl. The van der Waals surface area contributed by atoms with Gasteiger partial charge in [0.05, 0.1) is 15.7 Å². The Bertz CT molecular complexity index is 859. The van der Waals surface area contributed by atoms with Crippen LogP contribution in [-0.2, 0) is 4.74 Å². The van der Waals surface area contributed by atoms with Crippen LogP contribution in [0.5, 0.6) is 0 Å². The van der Waals surface area contributed by atoms with Crippen LogP contribution in [0.4, 0.5) is 4.79 Å². The normalized spacial score (nSPS) is 13.9. The zero-order chi connectivity index (χ0) is 21.2. The molecule has 3 N–H and O–H groups in total. The molecule has 28 heavy (non-hydrogen) atoms. The second-order valence-electron chi connectivity index (χ2n) is 7.63. The first-order chi connectivity index (χ1) is 12.9. The number of benzene rings is 1. The molecule has 1 aromatic heterocycles. The smallest absolute Gasteiger partial charge is 0.407 e. The lowest BCUT2D eigenvalue weighted by Crippen LogP contribution is -2.38. The predicted molar refractivity (Wildman–Crippen MR) is 110 cm³/mol. The van der Waals surface area contributed by atoms with E-state index in [0.29, 0.717) is 27.0 Å². The number of nitrogens with one attached hydrogen (secondary N) is 1. The van der Waals surface area contributed by atoms with E-state index in [0.717, 1.165) is 5.69 Å². The molecule has 154 valence electrons. The summed E-state index contributed by atoms with van der Waals surface area (Å²) in [4.78, 5) is 11.7. The van der Waals surface area contributed by atoms with Crippen molar-refractivity contribution >= 4 is 29.3 Å². The highest BCUT2D eigenvalue weighted by Crippen LogP contribution is 2.33. The first-order valence-corrected chi connectivity index (χ1v) is 9.64. The van der Waals surface area contributed by atoms with Gasteiger partial charge in [0.25, 0.3) is 0 Å². The zero-order valence-corrected chi connectivity index (χ0v) is 18.1. The van der Waals surface area contributed by atoms with Crippen molar-refractivity contribution in [2.24, 2.45) is 0 Å². The van der Waals surface area contributed by atoms with E-state index in [-0.39, 0.29) is 6.54 Å². The van der Waals surface area contributed by atoms with Crippen LogP contribution in [0.25, 0.3) is 5.69 Å². The molecule has 6 nitrogen and oxygen atoms in total. The Morgan fingerprint density at radius 1 is 1.25 bits per heavy atom. The van der Waals surface area contributed by atoms with Gasteiger partial charge in [0.15, 0.2) is 0 Å². The first-order valence-electron chi connectivity index (χ1n) is 8.88. The number of aryl methyl sites for hydroxylation is 1. The number of carbonyl (C=O) groups excluding carboxylic acids is 1. The minimum atomic E-state index is -1.21. The van der Waals surface area contributed by atoms with Gasteiger partial charge in [-0.25, -0.2) is 4.79 Å². The van der Waals surface area contributed by atoms with Crippen molar-refractivity contribution in [3.8, 4) is 5.69 Å². The summed E-state index contributed by atoms with van der Waals surface area (Å²) in [5.41, 5.74) is 2.11. The molecule has 0 aliphatic rings. The monoisotopic (exact) mass is 428 g/mol. The van der Waals surface area contributed by atoms with Crippen LogP contribution in [-0.4, -0.2) is 39.1 Å². The number of nitrogens with zero attached hydrogens (tertiary/aromatic N) is 1. The first kappa shape index (κ1) is 22.6. The average Bonchev–Trinajstić information content (AvgIpc) is 2.87. The summed E-state index contributed by atoms with van der Waals surface area (Å²) in [7, 11) is 0. The third-order valence-corrected chi connectivity index (χ3v) is 4.99. The van der Waals surface area contributed by atoms with Gasteiger partial charge in [-0.15, -0.1) is 0 Å². The largest absolute Gasteiger partial charge is 0.444 e. The molecule has 0 spiro atoms. The summed E-state index contributed by atoms with van der Waals surface area (Å²) < 4.78 is 6.99. The Morgan fingerprint density at radius 2 is 1.89 bits per heavy atom. The summed E-state index contributed by atoms with van der Waals surface area (Å²) in [5, 5.41) is 24.2. The summed E-state index contributed by atoms with van der Waals surface area (Å²) in [6, 6.07) is 7.08. The molecule has 2 aromatic rings. The molecule has 8 heteroatoms. The van der Waals surface area contributed by atoms with E-state index < -0.39 is 23.9 Å². The lowest BCUT2D eigenvalue weighted by Gasteiger charge is -2.22. The number of aliphatic hydroxyl groups is 2. The Labute approximate surface area is 175 Å². The van der Waals surface area contributed by atoms with Gasteiger partial charge in [-0.2, -0.15) is 0 Å². The number of aromatic nitrogens is 1. The van der Waals surface area contributed by atoms with Gasteiger partial charge >= 0.3 is 6.09 Å². The highest BCUT2D eigenvalue weighted by molar-refractivity contribution is 6.43. The number of hydrogen-bond acceptors (Lipinski definition) is 4. The summed E-state index contributed by atoms with van der Waals surface area (Å²) in [6.07, 6.45) is -3.07. The van der Waals surface area contributed by atoms with Crippen molar-refractivity contribution < 1.29 is 19.7 Å². The van der Waals surface area contributed by atoms with Crippen molar-refractivity contribution in [3.05, 3.63) is 51.3 Å². The lowest BCUT2D eigenvalue weighted by atomic mass is 10.0. The molecular weight excluding hydrogens is 403 g/mol. The zero-order valence-electron chi connectivity index (χ0n) is 16.6. The van der Waals surface area contributed by atoms with E-state index in [1.165, 1.54) is 0 Å². The lowest BCUT2D eigenvalue weighted by molar-refractivity contribution is 0.0126. The van der Waals surface area contributed by atoms with E-state index in [2.05, 4.69) is 5.32 Å². The fourth-order valence-electron chi connectivity index (χ4n) is 2.94. The molecule has 0 radical (unpaired) electrons. The molecule has 2 rings (SSSR count). The van der Waals surface area contributed by atoms with Crippen LogP contribution in [0.2, 0.25) is 10.0 Å². The molecule has 0 bridgehead atoms. The highest BCUT2D eigenvalue weighted by Gasteiger charge is 2.25. The van der Waals surface area contributed by atoms with E-state index in [9.17, 15) is 15.0 Å². The number of hydrogen-bond donors (Lipinski definition) is 3. The third-order valence-electron chi connectivity index (χ3n) is 4.18. The van der Waals surface area contributed by atoms with E-state index in [1.54, 1.807) is 39.0 Å². The Hall–Kier alpha value is -1.73. The second kappa shape index (κ2) is 8.74. The van der Waals surface area contributed by atoms with Crippen LogP contribution in [0.1, 0.15) is 43.8 Å². The highest BCUT2D eigenvalue weighted by atomic mass is 35.5. The minimum Gasteiger partial charge on any atom is -0.444 e. The van der Waals surface area contributed by atoms with Crippen LogP contribution >= 0.6 is 23.2 Å². The number of rotatable bonds is 5. The van der Waals surface area contributed by atoms with Gasteiger partial charge in [-0.05, 0) is 52.8 Å². The fourth-order valence-corrected chi connectivity index (χ4v) is 3.32. The van der Waals surface area contributed by atoms with E-state index in [1.807, 2.05) is 24.5 Å². The van der Waals surface area contributed by atoms with Gasteiger partial charge in [0.2, 0.25) is 0 Å². The average molecular weight is 429 g/mol. The number of ether oxygens (including phenoxy) is 1. The molecular formula is C20H26Cl2N2O4. The summed E-state index contributed by atoms with van der Waals surface area (Å²) >= 11 is 12.5. The van der Waals surface area contributed by atoms with Crippen molar-refractivity contribution in [3.63, 3.8) is 0 Å². The summed E-state index contributed by atoms with van der Waals surface area (Å²) in [6.45, 7) is 8.76. The molecule has 0 aliphatic heterocycles. The van der Waals surface area contributed by atoms with Crippen molar-refractivity contribution in [2.75, 3.05) is 6.54 Å². The molecule has 1 heterocycles. The van der Waals surface area contributed by atoms with Gasteiger partial charge in [-0.3, -0.25) is 0 Å². The van der Waals surface area contributed by atoms with Gasteiger partial charge in [-0.1, -0.05) is 29.3 Å². The number of aliphatic hydroxyl groups excluding tert-OH is 2. The van der Waals surface area contributed by atoms with Crippen LogP contribution in [0.3, 0.4) is 0 Å². The molecule has 0 fully saturated rings. The Morgan fingerprint density at radius 3 is 2.50 bits per heavy atom. The molecule has 0 saturated carbocycles. The molecule has 2 atom stereocenters. The van der Waals surface area contributed by atoms with Gasteiger partial charge in [0, 0.05) is 23.5 Å². The van der Waals surface area contributed by atoms with Crippen molar-refractivity contribution in [2.45, 2.75) is 52.4 Å². The maximum absolute atomic E-state index is 11.7. The quantitative estimate of drug-likeness (QED) is 0.661. The standard InChI is InChI=1S/C20H26Cl2N2O4/c1-11-9-13(12(2)24(11)15-8-6-7-14(21)17(15)22)18(26)16(25)10-23-19(27)28-20(3,4)5/h6-9,16,18,25-26H,10H2,1-5H3,(H,23,27). The number of halogens is 2. The van der Waals surface area contributed by atoms with E-state index >= 15 is 0 Å². The fraction of sp³-hybridized carbons (Fsp3) is 0.450. The molecule has 1 amide bonds. The number of alkyl carbamates (subject to hydrolysis) is 1. The topological polar surface area (TPSA) is 83.7 Å². The maximum atomic E-state index is 11.7. The predicted octanol–water partition coefficient (Wildman–Crippen LogP) is 4.32. The Kier molecular flexibility index (Phi) is 7.04. The minimum absolute atomic E-state index is 0.155. The Balaban J connectivity index is 2.19. The summed E-state index contributed by atoms with van der Waals surface area (Å²) in [5.74, 6) is 0. The van der Waals surface area contributed by atoms with Gasteiger partial charge < -0.3 is 24.8 Å². The number of amides is 1. The number of carbonyl (C=O) groups is 1. The van der Waals surface area contributed by atoms with Crippen molar-refractivity contribution in [1.29, 1.82) is 0 Å². The third kappa shape index (κ3) is 5.20. The molecule has 2 unspecified atom stereocenters.